The van der Waals surface area contributed by atoms with Gasteiger partial charge in [0.1, 0.15) is 0 Å². The summed E-state index contributed by atoms with van der Waals surface area (Å²) in [4.78, 5) is 10.9. The van der Waals surface area contributed by atoms with E-state index in [1.807, 2.05) is 0 Å². The molecule has 26 heavy (non-hydrogen) atoms. The summed E-state index contributed by atoms with van der Waals surface area (Å²) >= 11 is 0. The second kappa shape index (κ2) is 20.5. The monoisotopic (exact) mass is 366 g/mol. The predicted octanol–water partition coefficient (Wildman–Crippen LogP) is 8.00. The highest BCUT2D eigenvalue weighted by Crippen LogP contribution is 2.15. The van der Waals surface area contributed by atoms with E-state index in [0.717, 1.165) is 12.3 Å². The van der Waals surface area contributed by atoms with Crippen LogP contribution in [-0.4, -0.2) is 12.6 Å². The minimum atomic E-state index is -0.299. The first-order valence-electron chi connectivity index (χ1n) is 11.5. The first-order valence-corrected chi connectivity index (χ1v) is 11.5. The summed E-state index contributed by atoms with van der Waals surface area (Å²) in [5, 5.41) is 0. The third kappa shape index (κ3) is 21.3. The lowest BCUT2D eigenvalue weighted by atomic mass is 10.0. The van der Waals surface area contributed by atoms with Crippen LogP contribution < -0.4 is 0 Å². The fourth-order valence-corrected chi connectivity index (χ4v) is 3.36. The maximum Gasteiger partial charge on any atom is 0.330 e. The van der Waals surface area contributed by atoms with Gasteiger partial charge in [-0.15, -0.1) is 0 Å². The van der Waals surface area contributed by atoms with Crippen molar-refractivity contribution in [2.45, 2.75) is 123 Å². The molecule has 0 fully saturated rings. The van der Waals surface area contributed by atoms with Gasteiger partial charge >= 0.3 is 5.97 Å². The molecule has 0 aliphatic heterocycles. The molecule has 0 spiro atoms. The maximum atomic E-state index is 10.9. The second-order valence-electron chi connectivity index (χ2n) is 8.21. The van der Waals surface area contributed by atoms with Crippen LogP contribution in [0.25, 0.3) is 0 Å². The average Bonchev–Trinajstić information content (AvgIpc) is 2.63. The number of carbonyl (C=O) groups is 1. The Morgan fingerprint density at radius 1 is 0.692 bits per heavy atom. The second-order valence-corrected chi connectivity index (χ2v) is 8.21. The van der Waals surface area contributed by atoms with Crippen LogP contribution in [0.3, 0.4) is 0 Å². The molecule has 0 N–H and O–H groups in total. The number of unbranched alkanes of at least 4 members (excludes halogenated alkanes) is 15. The standard InChI is InChI=1S/C24H46O2/c1-4-24(25)26-22-20-18-16-14-12-10-8-6-5-7-9-11-13-15-17-19-21-23(2)3/h4,23H,1,5-22H2,2-3H3. The van der Waals surface area contributed by atoms with Crippen LogP contribution in [-0.2, 0) is 9.53 Å². The van der Waals surface area contributed by atoms with Crippen LogP contribution in [0.4, 0.5) is 0 Å². The van der Waals surface area contributed by atoms with Gasteiger partial charge in [0.05, 0.1) is 6.61 Å². The van der Waals surface area contributed by atoms with Gasteiger partial charge in [-0.05, 0) is 12.3 Å². The summed E-state index contributed by atoms with van der Waals surface area (Å²) in [5.74, 6) is 0.579. The van der Waals surface area contributed by atoms with E-state index in [9.17, 15) is 4.79 Å². The quantitative estimate of drug-likeness (QED) is 0.124. The van der Waals surface area contributed by atoms with E-state index >= 15 is 0 Å². The summed E-state index contributed by atoms with van der Waals surface area (Å²) in [6, 6.07) is 0. The van der Waals surface area contributed by atoms with Crippen molar-refractivity contribution < 1.29 is 9.53 Å². The lowest BCUT2D eigenvalue weighted by molar-refractivity contribution is -0.137. The van der Waals surface area contributed by atoms with E-state index < -0.39 is 0 Å². The number of rotatable bonds is 20. The Balaban J connectivity index is 3.03. The SMILES string of the molecule is C=CC(=O)OCCCCCCCCCCCCCCCCCCC(C)C. The molecular formula is C24H46O2. The summed E-state index contributed by atoms with van der Waals surface area (Å²) in [7, 11) is 0. The molecule has 0 aromatic heterocycles. The molecule has 0 aromatic carbocycles. The Morgan fingerprint density at radius 2 is 1.04 bits per heavy atom. The Bertz CT molecular complexity index is 309. The highest BCUT2D eigenvalue weighted by molar-refractivity contribution is 5.81. The van der Waals surface area contributed by atoms with Gasteiger partial charge in [-0.3, -0.25) is 0 Å². The molecule has 0 rings (SSSR count). The van der Waals surface area contributed by atoms with E-state index in [2.05, 4.69) is 20.4 Å². The molecule has 0 unspecified atom stereocenters. The summed E-state index contributed by atoms with van der Waals surface area (Å²) in [5.41, 5.74) is 0. The Morgan fingerprint density at radius 3 is 1.38 bits per heavy atom. The fraction of sp³-hybridized carbons (Fsp3) is 0.875. The Kier molecular flexibility index (Phi) is 19.9. The van der Waals surface area contributed by atoms with Crippen molar-refractivity contribution in [2.75, 3.05) is 6.61 Å². The zero-order valence-corrected chi connectivity index (χ0v) is 17.9. The molecule has 0 saturated carbocycles. The molecular weight excluding hydrogens is 320 g/mol. The zero-order valence-electron chi connectivity index (χ0n) is 17.9. The smallest absolute Gasteiger partial charge is 0.330 e. The van der Waals surface area contributed by atoms with Crippen LogP contribution in [0.2, 0.25) is 0 Å². The zero-order chi connectivity index (χ0) is 19.3. The first kappa shape index (κ1) is 25.2. The Hall–Kier alpha value is -0.790. The molecule has 0 bridgehead atoms. The predicted molar refractivity (Wildman–Crippen MR) is 114 cm³/mol. The topological polar surface area (TPSA) is 26.3 Å². The van der Waals surface area contributed by atoms with Crippen molar-refractivity contribution in [3.8, 4) is 0 Å². The minimum Gasteiger partial charge on any atom is -0.463 e. The number of hydrogen-bond donors (Lipinski definition) is 0. The Labute approximate surface area is 164 Å². The van der Waals surface area contributed by atoms with E-state index in [1.54, 1.807) is 0 Å². The third-order valence-electron chi connectivity index (χ3n) is 5.09. The minimum absolute atomic E-state index is 0.299. The molecule has 0 aromatic rings. The van der Waals surface area contributed by atoms with Gasteiger partial charge in [0.25, 0.3) is 0 Å². The number of carbonyl (C=O) groups excluding carboxylic acids is 1. The number of esters is 1. The third-order valence-corrected chi connectivity index (χ3v) is 5.09. The molecule has 2 heteroatoms. The van der Waals surface area contributed by atoms with Crippen LogP contribution in [0.15, 0.2) is 12.7 Å². The van der Waals surface area contributed by atoms with Crippen molar-refractivity contribution in [2.24, 2.45) is 5.92 Å². The highest BCUT2D eigenvalue weighted by atomic mass is 16.5. The van der Waals surface area contributed by atoms with Gasteiger partial charge in [0.15, 0.2) is 0 Å². The van der Waals surface area contributed by atoms with Crippen molar-refractivity contribution in [1.29, 1.82) is 0 Å². The number of hydrogen-bond acceptors (Lipinski definition) is 2. The van der Waals surface area contributed by atoms with Gasteiger partial charge in [-0.1, -0.05) is 123 Å². The molecule has 0 aliphatic rings. The molecule has 0 heterocycles. The van der Waals surface area contributed by atoms with E-state index in [4.69, 9.17) is 4.74 Å². The normalized spacial score (nSPS) is 11.0. The molecule has 0 saturated heterocycles. The van der Waals surface area contributed by atoms with Crippen LogP contribution in [0.1, 0.15) is 123 Å². The molecule has 154 valence electrons. The van der Waals surface area contributed by atoms with Gasteiger partial charge in [0, 0.05) is 6.08 Å². The molecule has 0 atom stereocenters. The fourth-order valence-electron chi connectivity index (χ4n) is 3.36. The van der Waals surface area contributed by atoms with Gasteiger partial charge in [-0.2, -0.15) is 0 Å². The summed E-state index contributed by atoms with van der Waals surface area (Å²) in [6.45, 7) is 8.58. The van der Waals surface area contributed by atoms with Crippen LogP contribution >= 0.6 is 0 Å². The van der Waals surface area contributed by atoms with Crippen molar-refractivity contribution in [3.63, 3.8) is 0 Å². The first-order chi connectivity index (χ1) is 12.7. The lowest BCUT2D eigenvalue weighted by Gasteiger charge is -2.05. The van der Waals surface area contributed by atoms with Gasteiger partial charge in [-0.25, -0.2) is 4.79 Å². The molecule has 0 radical (unpaired) electrons. The van der Waals surface area contributed by atoms with E-state index in [0.29, 0.717) is 6.61 Å². The van der Waals surface area contributed by atoms with Gasteiger partial charge < -0.3 is 4.74 Å². The van der Waals surface area contributed by atoms with Crippen LogP contribution in [0, 0.1) is 5.92 Å². The van der Waals surface area contributed by atoms with E-state index in [1.165, 1.54) is 109 Å². The van der Waals surface area contributed by atoms with Crippen molar-refractivity contribution >= 4 is 5.97 Å². The van der Waals surface area contributed by atoms with E-state index in [-0.39, 0.29) is 5.97 Å². The molecule has 0 aliphatic carbocycles. The summed E-state index contributed by atoms with van der Waals surface area (Å²) < 4.78 is 4.97. The summed E-state index contributed by atoms with van der Waals surface area (Å²) in [6.07, 6.45) is 24.5. The van der Waals surface area contributed by atoms with Crippen LogP contribution in [0.5, 0.6) is 0 Å². The highest BCUT2D eigenvalue weighted by Gasteiger charge is 1.97. The maximum absolute atomic E-state index is 10.9. The van der Waals surface area contributed by atoms with Crippen molar-refractivity contribution in [3.05, 3.63) is 12.7 Å². The molecule has 2 nitrogen and oxygen atoms in total. The van der Waals surface area contributed by atoms with Crippen molar-refractivity contribution in [1.82, 2.24) is 0 Å². The lowest BCUT2D eigenvalue weighted by Crippen LogP contribution is -2.01. The van der Waals surface area contributed by atoms with Gasteiger partial charge in [0.2, 0.25) is 0 Å². The molecule has 0 amide bonds. The largest absolute Gasteiger partial charge is 0.463 e. The average molecular weight is 367 g/mol. The number of ether oxygens (including phenoxy) is 1.